The molecule has 2 atom stereocenters. The molecule has 0 aliphatic rings. The Labute approximate surface area is 136 Å². The van der Waals surface area contributed by atoms with Crippen LogP contribution in [-0.2, 0) is 4.74 Å². The first kappa shape index (κ1) is 17.2. The standard InChI is InChI=1S/C18H24N2O3/c1-13(20-18(22)19-11-10-15(21)12-23-2)16-9-5-7-14-6-3-4-8-17(14)16/h3-9,13,15,21H,10-12H2,1-2H3,(H2,19,20,22). The molecule has 2 aromatic rings. The first-order valence-electron chi connectivity index (χ1n) is 7.81. The van der Waals surface area contributed by atoms with Gasteiger partial charge in [-0.2, -0.15) is 0 Å². The maximum atomic E-state index is 12.0. The summed E-state index contributed by atoms with van der Waals surface area (Å²) in [7, 11) is 1.54. The summed E-state index contributed by atoms with van der Waals surface area (Å²) in [5, 5.41) is 17.5. The molecule has 0 bridgehead atoms. The number of benzene rings is 2. The first-order valence-corrected chi connectivity index (χ1v) is 7.81. The van der Waals surface area contributed by atoms with E-state index in [-0.39, 0.29) is 18.7 Å². The van der Waals surface area contributed by atoms with Gasteiger partial charge in [0.2, 0.25) is 0 Å². The van der Waals surface area contributed by atoms with E-state index in [0.29, 0.717) is 13.0 Å². The lowest BCUT2D eigenvalue weighted by atomic mass is 10.00. The van der Waals surface area contributed by atoms with Crippen molar-refractivity contribution in [3.63, 3.8) is 0 Å². The second-order valence-electron chi connectivity index (χ2n) is 5.59. The Morgan fingerprint density at radius 2 is 1.96 bits per heavy atom. The van der Waals surface area contributed by atoms with Crippen molar-refractivity contribution in [2.45, 2.75) is 25.5 Å². The minimum atomic E-state index is -0.559. The summed E-state index contributed by atoms with van der Waals surface area (Å²) in [5.41, 5.74) is 1.08. The molecule has 124 valence electrons. The number of ether oxygens (including phenoxy) is 1. The SMILES string of the molecule is COCC(O)CCNC(=O)NC(C)c1cccc2ccccc12. The number of hydrogen-bond acceptors (Lipinski definition) is 3. The van der Waals surface area contributed by atoms with E-state index in [9.17, 15) is 9.90 Å². The van der Waals surface area contributed by atoms with Crippen LogP contribution in [0.25, 0.3) is 10.8 Å². The summed E-state index contributed by atoms with van der Waals surface area (Å²) in [6.07, 6.45) is -0.0972. The minimum Gasteiger partial charge on any atom is -0.391 e. The molecule has 0 aliphatic heterocycles. The number of urea groups is 1. The Kier molecular flexibility index (Phi) is 6.38. The van der Waals surface area contributed by atoms with Crippen LogP contribution in [0.1, 0.15) is 24.9 Å². The summed E-state index contributed by atoms with van der Waals surface area (Å²) in [4.78, 5) is 12.0. The normalized spacial score (nSPS) is 13.5. The van der Waals surface area contributed by atoms with Crippen LogP contribution in [0.3, 0.4) is 0 Å². The van der Waals surface area contributed by atoms with Gasteiger partial charge in [-0.05, 0) is 29.7 Å². The number of hydrogen-bond donors (Lipinski definition) is 3. The molecule has 0 spiro atoms. The van der Waals surface area contributed by atoms with Crippen molar-refractivity contribution in [2.75, 3.05) is 20.3 Å². The fraction of sp³-hybridized carbons (Fsp3) is 0.389. The van der Waals surface area contributed by atoms with Crippen molar-refractivity contribution >= 4 is 16.8 Å². The molecule has 0 saturated heterocycles. The average molecular weight is 316 g/mol. The summed E-state index contributed by atoms with van der Waals surface area (Å²) in [6, 6.07) is 13.8. The van der Waals surface area contributed by atoms with Crippen LogP contribution < -0.4 is 10.6 Å². The lowest BCUT2D eigenvalue weighted by Gasteiger charge is -2.17. The van der Waals surface area contributed by atoms with E-state index in [1.54, 1.807) is 0 Å². The second kappa shape index (κ2) is 8.50. The van der Waals surface area contributed by atoms with Crippen LogP contribution >= 0.6 is 0 Å². The van der Waals surface area contributed by atoms with Gasteiger partial charge in [-0.1, -0.05) is 42.5 Å². The Bertz CT molecular complexity index is 640. The molecule has 0 fully saturated rings. The van der Waals surface area contributed by atoms with Crippen LogP contribution in [0.4, 0.5) is 4.79 Å². The molecular weight excluding hydrogens is 292 g/mol. The third-order valence-electron chi connectivity index (χ3n) is 3.76. The van der Waals surface area contributed by atoms with Crippen LogP contribution in [0.5, 0.6) is 0 Å². The van der Waals surface area contributed by atoms with E-state index >= 15 is 0 Å². The molecule has 2 amide bonds. The third-order valence-corrected chi connectivity index (χ3v) is 3.76. The fourth-order valence-electron chi connectivity index (χ4n) is 2.58. The monoisotopic (exact) mass is 316 g/mol. The molecule has 0 radical (unpaired) electrons. The molecule has 0 saturated carbocycles. The molecule has 2 unspecified atom stereocenters. The molecular formula is C18H24N2O3. The largest absolute Gasteiger partial charge is 0.391 e. The Morgan fingerprint density at radius 1 is 1.22 bits per heavy atom. The van der Waals surface area contributed by atoms with Crippen molar-refractivity contribution in [1.29, 1.82) is 0 Å². The maximum absolute atomic E-state index is 12.0. The van der Waals surface area contributed by atoms with Gasteiger partial charge in [0.1, 0.15) is 0 Å². The smallest absolute Gasteiger partial charge is 0.315 e. The molecule has 5 nitrogen and oxygen atoms in total. The van der Waals surface area contributed by atoms with Gasteiger partial charge in [-0.15, -0.1) is 0 Å². The van der Waals surface area contributed by atoms with Crippen molar-refractivity contribution in [3.8, 4) is 0 Å². The van der Waals surface area contributed by atoms with E-state index in [1.807, 2.05) is 31.2 Å². The van der Waals surface area contributed by atoms with Gasteiger partial charge < -0.3 is 20.5 Å². The summed E-state index contributed by atoms with van der Waals surface area (Å²) >= 11 is 0. The predicted octanol–water partition coefficient (Wildman–Crippen LogP) is 2.60. The zero-order valence-electron chi connectivity index (χ0n) is 13.6. The summed E-state index contributed by atoms with van der Waals surface area (Å²) < 4.78 is 4.85. The van der Waals surface area contributed by atoms with Crippen LogP contribution in [0.2, 0.25) is 0 Å². The molecule has 5 heteroatoms. The Balaban J connectivity index is 1.90. The molecule has 0 heterocycles. The topological polar surface area (TPSA) is 70.6 Å². The number of carbonyl (C=O) groups is 1. The maximum Gasteiger partial charge on any atom is 0.315 e. The number of aliphatic hydroxyl groups is 1. The average Bonchev–Trinajstić information content (AvgIpc) is 2.54. The van der Waals surface area contributed by atoms with Crippen molar-refractivity contribution in [1.82, 2.24) is 10.6 Å². The highest BCUT2D eigenvalue weighted by molar-refractivity contribution is 5.86. The van der Waals surface area contributed by atoms with Gasteiger partial charge in [0.25, 0.3) is 0 Å². The highest BCUT2D eigenvalue weighted by Gasteiger charge is 2.12. The van der Waals surface area contributed by atoms with Gasteiger partial charge in [0.15, 0.2) is 0 Å². The number of rotatable bonds is 7. The Hall–Kier alpha value is -2.11. The summed E-state index contributed by atoms with van der Waals surface area (Å²) in [6.45, 7) is 2.63. The highest BCUT2D eigenvalue weighted by atomic mass is 16.5. The third kappa shape index (κ3) is 4.94. The molecule has 2 aromatic carbocycles. The number of fused-ring (bicyclic) bond motifs is 1. The van der Waals surface area contributed by atoms with E-state index < -0.39 is 6.10 Å². The predicted molar refractivity (Wildman–Crippen MR) is 91.4 cm³/mol. The quantitative estimate of drug-likeness (QED) is 0.735. The molecule has 0 aromatic heterocycles. The molecule has 3 N–H and O–H groups in total. The van der Waals surface area contributed by atoms with Crippen LogP contribution in [0, 0.1) is 0 Å². The van der Waals surface area contributed by atoms with Crippen molar-refractivity contribution < 1.29 is 14.6 Å². The van der Waals surface area contributed by atoms with Crippen molar-refractivity contribution in [2.24, 2.45) is 0 Å². The first-order chi connectivity index (χ1) is 11.1. The summed E-state index contributed by atoms with van der Waals surface area (Å²) in [5.74, 6) is 0. The number of methoxy groups -OCH3 is 1. The Morgan fingerprint density at radius 3 is 2.74 bits per heavy atom. The zero-order valence-corrected chi connectivity index (χ0v) is 13.6. The number of aliphatic hydroxyl groups excluding tert-OH is 1. The van der Waals surface area contributed by atoms with Crippen LogP contribution in [-0.4, -0.2) is 37.5 Å². The number of amides is 2. The molecule has 23 heavy (non-hydrogen) atoms. The van der Waals surface area contributed by atoms with Gasteiger partial charge in [-0.25, -0.2) is 4.79 Å². The van der Waals surface area contributed by atoms with E-state index in [0.717, 1.165) is 16.3 Å². The van der Waals surface area contributed by atoms with E-state index in [4.69, 9.17) is 4.74 Å². The zero-order chi connectivity index (χ0) is 16.7. The number of carbonyl (C=O) groups excluding carboxylic acids is 1. The van der Waals surface area contributed by atoms with Gasteiger partial charge in [0, 0.05) is 13.7 Å². The minimum absolute atomic E-state index is 0.106. The van der Waals surface area contributed by atoms with Gasteiger partial charge >= 0.3 is 6.03 Å². The number of nitrogens with one attached hydrogen (secondary N) is 2. The van der Waals surface area contributed by atoms with Crippen LogP contribution in [0.15, 0.2) is 42.5 Å². The van der Waals surface area contributed by atoms with Gasteiger partial charge in [-0.3, -0.25) is 0 Å². The van der Waals surface area contributed by atoms with E-state index in [1.165, 1.54) is 7.11 Å². The van der Waals surface area contributed by atoms with Crippen molar-refractivity contribution in [3.05, 3.63) is 48.0 Å². The van der Waals surface area contributed by atoms with E-state index in [2.05, 4.69) is 28.8 Å². The fourth-order valence-corrected chi connectivity index (χ4v) is 2.58. The lowest BCUT2D eigenvalue weighted by molar-refractivity contribution is 0.0598. The lowest BCUT2D eigenvalue weighted by Crippen LogP contribution is -2.38. The highest BCUT2D eigenvalue weighted by Crippen LogP contribution is 2.23. The molecule has 2 rings (SSSR count). The molecule has 0 aliphatic carbocycles. The second-order valence-corrected chi connectivity index (χ2v) is 5.59. The van der Waals surface area contributed by atoms with Gasteiger partial charge in [0.05, 0.1) is 18.8 Å².